The van der Waals surface area contributed by atoms with Crippen molar-refractivity contribution in [3.63, 3.8) is 0 Å². The Bertz CT molecular complexity index is 863. The van der Waals surface area contributed by atoms with Crippen LogP contribution in [0.15, 0.2) is 40.9 Å². The largest absolute Gasteiger partial charge is 0.369 e. The number of hydrogen-bond donors (Lipinski definition) is 1. The van der Waals surface area contributed by atoms with Crippen LogP contribution in [0.2, 0.25) is 5.02 Å². The zero-order chi connectivity index (χ0) is 14.3. The van der Waals surface area contributed by atoms with E-state index in [-0.39, 0.29) is 0 Å². The van der Waals surface area contributed by atoms with Gasteiger partial charge in [-0.15, -0.1) is 0 Å². The summed E-state index contributed by atoms with van der Waals surface area (Å²) in [5.74, 6) is 0.352. The Balaban J connectivity index is 2.32. The summed E-state index contributed by atoms with van der Waals surface area (Å²) < 4.78 is 2.69. The molecule has 0 bridgehead atoms. The normalized spacial score (nSPS) is 10.7. The Kier molecular flexibility index (Phi) is 3.13. The Hall–Kier alpha value is -2.03. The van der Waals surface area contributed by atoms with Crippen LogP contribution >= 0.6 is 27.5 Å². The maximum Gasteiger partial charge on any atom is 0.205 e. The summed E-state index contributed by atoms with van der Waals surface area (Å²) in [6.07, 6.45) is 0. The van der Waals surface area contributed by atoms with E-state index in [2.05, 4.69) is 27.0 Å². The molecule has 0 amide bonds. The van der Waals surface area contributed by atoms with Crippen LogP contribution in [0.5, 0.6) is 0 Å². The molecule has 0 spiro atoms. The van der Waals surface area contributed by atoms with Crippen LogP contribution in [-0.4, -0.2) is 9.55 Å². The van der Waals surface area contributed by atoms with Crippen molar-refractivity contribution in [3.05, 3.63) is 51.5 Å². The highest BCUT2D eigenvalue weighted by molar-refractivity contribution is 9.10. The van der Waals surface area contributed by atoms with Crippen LogP contribution in [0, 0.1) is 11.3 Å². The Morgan fingerprint density at radius 1 is 1.25 bits per heavy atom. The average Bonchev–Trinajstić information content (AvgIpc) is 2.74. The molecule has 3 rings (SSSR count). The molecule has 2 aromatic carbocycles. The molecule has 0 saturated carbocycles. The van der Waals surface area contributed by atoms with Gasteiger partial charge < -0.3 is 5.73 Å². The lowest BCUT2D eigenvalue weighted by atomic mass is 10.2. The number of nitrogens with two attached hydrogens (primary N) is 1. The van der Waals surface area contributed by atoms with Crippen LogP contribution in [0.4, 0.5) is 5.95 Å². The van der Waals surface area contributed by atoms with Crippen molar-refractivity contribution in [2.45, 2.75) is 0 Å². The summed E-state index contributed by atoms with van der Waals surface area (Å²) in [5.41, 5.74) is 8.82. The molecular weight excluding hydrogens is 340 g/mol. The van der Waals surface area contributed by atoms with E-state index in [9.17, 15) is 0 Å². The Morgan fingerprint density at radius 2 is 2.05 bits per heavy atom. The fourth-order valence-electron chi connectivity index (χ4n) is 2.08. The third-order valence-electron chi connectivity index (χ3n) is 2.96. The van der Waals surface area contributed by atoms with E-state index in [0.29, 0.717) is 22.2 Å². The first-order chi connectivity index (χ1) is 9.60. The van der Waals surface area contributed by atoms with Gasteiger partial charge in [0, 0.05) is 4.47 Å². The highest BCUT2D eigenvalue weighted by atomic mass is 79.9. The molecule has 6 heteroatoms. The summed E-state index contributed by atoms with van der Waals surface area (Å²) in [5, 5.41) is 9.34. The van der Waals surface area contributed by atoms with Gasteiger partial charge in [0.15, 0.2) is 0 Å². The number of benzene rings is 2. The molecule has 98 valence electrons. The number of nitrogen functional groups attached to an aromatic ring is 1. The molecular formula is C14H8BrClN4. The van der Waals surface area contributed by atoms with Crippen molar-refractivity contribution in [2.75, 3.05) is 5.73 Å². The number of aromatic nitrogens is 2. The maximum atomic E-state index is 8.89. The molecule has 0 radical (unpaired) electrons. The van der Waals surface area contributed by atoms with Gasteiger partial charge in [0.25, 0.3) is 0 Å². The lowest BCUT2D eigenvalue weighted by Gasteiger charge is -2.09. The van der Waals surface area contributed by atoms with Gasteiger partial charge in [-0.2, -0.15) is 5.26 Å². The molecule has 1 heterocycles. The molecule has 0 saturated heterocycles. The van der Waals surface area contributed by atoms with Crippen LogP contribution in [0.1, 0.15) is 5.56 Å². The second kappa shape index (κ2) is 4.82. The maximum absolute atomic E-state index is 8.89. The standard InChI is InChI=1S/C14H8BrClN4/c15-9-2-3-11-13(6-9)20(14(18)19-11)12-4-1-8(7-17)5-10(12)16/h1-6H,(H2,18,19). The molecule has 1 aromatic heterocycles. The Morgan fingerprint density at radius 3 is 2.75 bits per heavy atom. The highest BCUT2D eigenvalue weighted by Gasteiger charge is 2.13. The number of hydrogen-bond acceptors (Lipinski definition) is 3. The van der Waals surface area contributed by atoms with E-state index in [4.69, 9.17) is 22.6 Å². The number of rotatable bonds is 1. The predicted octanol–water partition coefficient (Wildman–Crippen LogP) is 3.90. The number of anilines is 1. The van der Waals surface area contributed by atoms with Crippen molar-refractivity contribution in [2.24, 2.45) is 0 Å². The topological polar surface area (TPSA) is 67.6 Å². The summed E-state index contributed by atoms with van der Waals surface area (Å²) in [6.45, 7) is 0. The zero-order valence-electron chi connectivity index (χ0n) is 10.1. The van der Waals surface area contributed by atoms with E-state index in [1.165, 1.54) is 0 Å². The number of imidazole rings is 1. The molecule has 0 aliphatic carbocycles. The molecule has 0 aliphatic rings. The predicted molar refractivity (Wildman–Crippen MR) is 82.9 cm³/mol. The third-order valence-corrected chi connectivity index (χ3v) is 3.76. The van der Waals surface area contributed by atoms with Gasteiger partial charge >= 0.3 is 0 Å². The van der Waals surface area contributed by atoms with Gasteiger partial charge in [-0.05, 0) is 36.4 Å². The van der Waals surface area contributed by atoms with Crippen molar-refractivity contribution in [3.8, 4) is 11.8 Å². The molecule has 4 nitrogen and oxygen atoms in total. The summed E-state index contributed by atoms with van der Waals surface area (Å²) >= 11 is 9.68. The third kappa shape index (κ3) is 2.03. The summed E-state index contributed by atoms with van der Waals surface area (Å²) in [7, 11) is 0. The van der Waals surface area contributed by atoms with Crippen molar-refractivity contribution >= 4 is 44.5 Å². The van der Waals surface area contributed by atoms with Crippen LogP contribution in [0.25, 0.3) is 16.7 Å². The minimum Gasteiger partial charge on any atom is -0.369 e. The molecule has 0 atom stereocenters. The second-order valence-electron chi connectivity index (χ2n) is 4.22. The van der Waals surface area contributed by atoms with E-state index in [1.54, 1.807) is 22.8 Å². The SMILES string of the molecule is N#Cc1ccc(-n2c(N)nc3ccc(Br)cc32)c(Cl)c1. The number of nitrogens with zero attached hydrogens (tertiary/aromatic N) is 3. The molecule has 3 aromatic rings. The zero-order valence-corrected chi connectivity index (χ0v) is 12.5. The minimum absolute atomic E-state index is 0.352. The monoisotopic (exact) mass is 346 g/mol. The van der Waals surface area contributed by atoms with Crippen molar-refractivity contribution < 1.29 is 0 Å². The fraction of sp³-hybridized carbons (Fsp3) is 0. The second-order valence-corrected chi connectivity index (χ2v) is 5.54. The van der Waals surface area contributed by atoms with Crippen LogP contribution in [0.3, 0.4) is 0 Å². The van der Waals surface area contributed by atoms with E-state index >= 15 is 0 Å². The van der Waals surface area contributed by atoms with Crippen molar-refractivity contribution in [1.29, 1.82) is 5.26 Å². The average molecular weight is 348 g/mol. The molecule has 2 N–H and O–H groups in total. The van der Waals surface area contributed by atoms with Gasteiger partial charge in [-0.25, -0.2) is 4.98 Å². The van der Waals surface area contributed by atoms with Crippen LogP contribution in [-0.2, 0) is 0 Å². The first-order valence-corrected chi connectivity index (χ1v) is 6.91. The molecule has 0 fully saturated rings. The van der Waals surface area contributed by atoms with Gasteiger partial charge in [0.05, 0.1) is 33.4 Å². The Labute approximate surface area is 128 Å². The number of halogens is 2. The van der Waals surface area contributed by atoms with E-state index in [1.807, 2.05) is 18.2 Å². The first kappa shape index (κ1) is 13.0. The first-order valence-electron chi connectivity index (χ1n) is 5.73. The van der Waals surface area contributed by atoms with Crippen molar-refractivity contribution in [1.82, 2.24) is 9.55 Å². The van der Waals surface area contributed by atoms with Gasteiger partial charge in [0.2, 0.25) is 5.95 Å². The van der Waals surface area contributed by atoms with Gasteiger partial charge in [-0.3, -0.25) is 4.57 Å². The quantitative estimate of drug-likeness (QED) is 0.726. The molecule has 0 aliphatic heterocycles. The van der Waals surface area contributed by atoms with Gasteiger partial charge in [0.1, 0.15) is 0 Å². The van der Waals surface area contributed by atoms with E-state index < -0.39 is 0 Å². The summed E-state index contributed by atoms with van der Waals surface area (Å²) in [6, 6.07) is 12.8. The minimum atomic E-state index is 0.352. The number of fused-ring (bicyclic) bond motifs is 1. The molecule has 0 unspecified atom stereocenters. The smallest absolute Gasteiger partial charge is 0.205 e. The fourth-order valence-corrected chi connectivity index (χ4v) is 2.69. The number of nitriles is 1. The lowest BCUT2D eigenvalue weighted by molar-refractivity contribution is 1.11. The van der Waals surface area contributed by atoms with Crippen LogP contribution < -0.4 is 5.73 Å². The summed E-state index contributed by atoms with van der Waals surface area (Å²) in [4.78, 5) is 4.31. The lowest BCUT2D eigenvalue weighted by Crippen LogP contribution is -2.01. The van der Waals surface area contributed by atoms with E-state index in [0.717, 1.165) is 15.5 Å². The molecule has 20 heavy (non-hydrogen) atoms. The highest BCUT2D eigenvalue weighted by Crippen LogP contribution is 2.30. The van der Waals surface area contributed by atoms with Gasteiger partial charge in [-0.1, -0.05) is 27.5 Å².